The Balaban J connectivity index is 2.48. The minimum Gasteiger partial charge on any atom is -0.503 e. The van der Waals surface area contributed by atoms with E-state index in [0.29, 0.717) is 10.2 Å². The van der Waals surface area contributed by atoms with Crippen molar-refractivity contribution in [3.63, 3.8) is 0 Å². The third kappa shape index (κ3) is 1.60. The summed E-state index contributed by atoms with van der Waals surface area (Å²) < 4.78 is 5.77. The number of hydrogen-bond acceptors (Lipinski definition) is 3. The smallest absolute Gasteiger partial charge is 0.172 e. The summed E-state index contributed by atoms with van der Waals surface area (Å²) in [5.41, 5.74) is 7.13. The molecule has 0 amide bonds. The van der Waals surface area contributed by atoms with E-state index >= 15 is 0 Å². The Bertz CT molecular complexity index is 414. The van der Waals surface area contributed by atoms with Gasteiger partial charge < -0.3 is 15.6 Å². The zero-order chi connectivity index (χ0) is 11.9. The fourth-order valence-corrected chi connectivity index (χ4v) is 2.92. The van der Waals surface area contributed by atoms with Crippen molar-refractivity contribution in [1.82, 2.24) is 0 Å². The molecule has 0 radical (unpaired) electrons. The lowest BCUT2D eigenvalue weighted by molar-refractivity contribution is 0.370. The first-order valence-electron chi connectivity index (χ1n) is 5.34. The predicted octanol–water partition coefficient (Wildman–Crippen LogP) is 2.54. The first-order valence-corrected chi connectivity index (χ1v) is 6.14. The predicted molar refractivity (Wildman–Crippen MR) is 66.9 cm³/mol. The third-order valence-electron chi connectivity index (χ3n) is 3.50. The number of hydrogen-bond donors (Lipinski definition) is 2. The summed E-state index contributed by atoms with van der Waals surface area (Å²) in [7, 11) is 1.54. The summed E-state index contributed by atoms with van der Waals surface area (Å²) in [6.45, 7) is 2.01. The van der Waals surface area contributed by atoms with E-state index in [9.17, 15) is 5.11 Å². The standard InChI is InChI=1S/C12H16BrNO2/c1-7(14)12(5-6-12)8-3-4-9(16-2)11(15)10(8)13/h3-4,7,15H,5-6,14H2,1-2H3. The molecule has 1 saturated carbocycles. The van der Waals surface area contributed by atoms with Gasteiger partial charge in [-0.3, -0.25) is 0 Å². The van der Waals surface area contributed by atoms with Crippen molar-refractivity contribution >= 4 is 15.9 Å². The molecule has 1 aliphatic carbocycles. The van der Waals surface area contributed by atoms with Crippen molar-refractivity contribution in [1.29, 1.82) is 0 Å². The van der Waals surface area contributed by atoms with Gasteiger partial charge in [-0.05, 0) is 47.3 Å². The van der Waals surface area contributed by atoms with Crippen LogP contribution in [0.5, 0.6) is 11.5 Å². The molecule has 0 heterocycles. The number of halogens is 1. The Morgan fingerprint density at radius 2 is 2.12 bits per heavy atom. The van der Waals surface area contributed by atoms with E-state index in [1.54, 1.807) is 13.2 Å². The van der Waals surface area contributed by atoms with E-state index in [1.165, 1.54) is 0 Å². The third-order valence-corrected chi connectivity index (χ3v) is 4.30. The Labute approximate surface area is 104 Å². The molecular formula is C12H16BrNO2. The molecule has 1 unspecified atom stereocenters. The highest BCUT2D eigenvalue weighted by molar-refractivity contribution is 9.10. The summed E-state index contributed by atoms with van der Waals surface area (Å²) in [5, 5.41) is 9.94. The largest absolute Gasteiger partial charge is 0.503 e. The quantitative estimate of drug-likeness (QED) is 0.897. The summed E-state index contributed by atoms with van der Waals surface area (Å²) in [4.78, 5) is 0. The van der Waals surface area contributed by atoms with Crippen LogP contribution in [-0.2, 0) is 5.41 Å². The molecule has 88 valence electrons. The maximum absolute atomic E-state index is 9.94. The Morgan fingerprint density at radius 3 is 2.56 bits per heavy atom. The van der Waals surface area contributed by atoms with Gasteiger partial charge in [0.05, 0.1) is 11.6 Å². The number of benzene rings is 1. The van der Waals surface area contributed by atoms with Gasteiger partial charge >= 0.3 is 0 Å². The maximum atomic E-state index is 9.94. The summed E-state index contributed by atoms with van der Waals surface area (Å²) in [6.07, 6.45) is 2.16. The van der Waals surface area contributed by atoms with Crippen LogP contribution in [0, 0.1) is 0 Å². The number of phenolic OH excluding ortho intramolecular Hbond substituents is 1. The highest BCUT2D eigenvalue weighted by atomic mass is 79.9. The number of nitrogens with two attached hydrogens (primary N) is 1. The topological polar surface area (TPSA) is 55.5 Å². The summed E-state index contributed by atoms with van der Waals surface area (Å²) in [5.74, 6) is 0.642. The average Bonchev–Trinajstić information content (AvgIpc) is 3.03. The van der Waals surface area contributed by atoms with Gasteiger partial charge in [-0.25, -0.2) is 0 Å². The molecule has 3 nitrogen and oxygen atoms in total. The van der Waals surface area contributed by atoms with Crippen molar-refractivity contribution in [2.75, 3.05) is 7.11 Å². The van der Waals surface area contributed by atoms with Crippen molar-refractivity contribution in [3.05, 3.63) is 22.2 Å². The van der Waals surface area contributed by atoms with E-state index in [-0.39, 0.29) is 17.2 Å². The molecule has 0 bridgehead atoms. The fraction of sp³-hybridized carbons (Fsp3) is 0.500. The zero-order valence-electron chi connectivity index (χ0n) is 9.46. The molecule has 4 heteroatoms. The summed E-state index contributed by atoms with van der Waals surface area (Å²) in [6, 6.07) is 3.87. The van der Waals surface area contributed by atoms with Crippen LogP contribution in [0.1, 0.15) is 25.3 Å². The number of ether oxygens (including phenoxy) is 1. The molecule has 1 atom stereocenters. The second-order valence-electron chi connectivity index (χ2n) is 4.42. The van der Waals surface area contributed by atoms with Crippen molar-refractivity contribution in [3.8, 4) is 11.5 Å². The second-order valence-corrected chi connectivity index (χ2v) is 5.22. The number of aromatic hydroxyl groups is 1. The highest BCUT2D eigenvalue weighted by Crippen LogP contribution is 2.54. The van der Waals surface area contributed by atoms with Crippen molar-refractivity contribution < 1.29 is 9.84 Å². The van der Waals surface area contributed by atoms with Crippen LogP contribution in [0.15, 0.2) is 16.6 Å². The van der Waals surface area contributed by atoms with Gasteiger partial charge in [0.2, 0.25) is 0 Å². The van der Waals surface area contributed by atoms with Crippen LogP contribution in [0.3, 0.4) is 0 Å². The van der Waals surface area contributed by atoms with Crippen molar-refractivity contribution in [2.24, 2.45) is 5.73 Å². The summed E-state index contributed by atoms with van der Waals surface area (Å²) >= 11 is 3.43. The fourth-order valence-electron chi connectivity index (χ4n) is 2.20. The van der Waals surface area contributed by atoms with Gasteiger partial charge in [-0.2, -0.15) is 0 Å². The van der Waals surface area contributed by atoms with Gasteiger partial charge in [-0.15, -0.1) is 0 Å². The van der Waals surface area contributed by atoms with E-state index in [4.69, 9.17) is 10.5 Å². The van der Waals surface area contributed by atoms with Crippen LogP contribution in [0.4, 0.5) is 0 Å². The minimum absolute atomic E-state index is 0.0303. The molecule has 0 aromatic heterocycles. The van der Waals surface area contributed by atoms with Gasteiger partial charge in [0.15, 0.2) is 11.5 Å². The lowest BCUT2D eigenvalue weighted by atomic mass is 9.89. The number of rotatable bonds is 3. The molecular weight excluding hydrogens is 270 g/mol. The second kappa shape index (κ2) is 3.93. The van der Waals surface area contributed by atoms with Gasteiger partial charge in [-0.1, -0.05) is 6.07 Å². The highest BCUT2D eigenvalue weighted by Gasteiger charge is 2.49. The van der Waals surface area contributed by atoms with E-state index < -0.39 is 0 Å². The van der Waals surface area contributed by atoms with Crippen LogP contribution in [0.25, 0.3) is 0 Å². The molecule has 0 spiro atoms. The van der Waals surface area contributed by atoms with E-state index in [1.807, 2.05) is 13.0 Å². The Kier molecular flexibility index (Phi) is 2.88. The molecule has 1 aliphatic rings. The lowest BCUT2D eigenvalue weighted by Crippen LogP contribution is -2.31. The zero-order valence-corrected chi connectivity index (χ0v) is 11.0. The van der Waals surface area contributed by atoms with Crippen LogP contribution in [-0.4, -0.2) is 18.3 Å². The maximum Gasteiger partial charge on any atom is 0.172 e. The molecule has 1 aromatic carbocycles. The Hall–Kier alpha value is -0.740. The normalized spacial score (nSPS) is 19.2. The first kappa shape index (κ1) is 11.7. The van der Waals surface area contributed by atoms with Gasteiger partial charge in [0.1, 0.15) is 0 Å². The molecule has 1 fully saturated rings. The molecule has 0 saturated heterocycles. The minimum atomic E-state index is 0.0303. The van der Waals surface area contributed by atoms with Crippen molar-refractivity contribution in [2.45, 2.75) is 31.2 Å². The number of phenols is 1. The van der Waals surface area contributed by atoms with Gasteiger partial charge in [0, 0.05) is 11.5 Å². The molecule has 1 aromatic rings. The molecule has 0 aliphatic heterocycles. The lowest BCUT2D eigenvalue weighted by Gasteiger charge is -2.22. The first-order chi connectivity index (χ1) is 7.53. The van der Waals surface area contributed by atoms with Crippen LogP contribution in [0.2, 0.25) is 0 Å². The van der Waals surface area contributed by atoms with E-state index in [2.05, 4.69) is 15.9 Å². The molecule has 16 heavy (non-hydrogen) atoms. The number of methoxy groups -OCH3 is 1. The monoisotopic (exact) mass is 285 g/mol. The van der Waals surface area contributed by atoms with Gasteiger partial charge in [0.25, 0.3) is 0 Å². The average molecular weight is 286 g/mol. The molecule has 2 rings (SSSR count). The SMILES string of the molecule is COc1ccc(C2(C(C)N)CC2)c(Br)c1O. The molecule has 3 N–H and O–H groups in total. The van der Waals surface area contributed by atoms with Crippen LogP contribution < -0.4 is 10.5 Å². The van der Waals surface area contributed by atoms with Crippen LogP contribution >= 0.6 is 15.9 Å². The Morgan fingerprint density at radius 1 is 1.50 bits per heavy atom. The van der Waals surface area contributed by atoms with E-state index in [0.717, 1.165) is 18.4 Å².